The standard InChI is InChI=1S/C22H29N5O8S/c23-13(7-11-8-24-14-4-2-1-3-12(11)14)19(31)26-16(9-28)21(33)25-15(5-6-18(29)30)20(32)27-17(10-36)22(34)35/h1-4,8,13,15-17,24,28,36H,5-7,9-10,23H2,(H,25,33)(H,26,31)(H,27,32)(H,29,30)(H,34,35). The van der Waals surface area contributed by atoms with Gasteiger partial charge in [-0.2, -0.15) is 12.6 Å². The number of carbonyl (C=O) groups is 5. The Morgan fingerprint density at radius 3 is 2.17 bits per heavy atom. The molecule has 196 valence electrons. The second-order valence-electron chi connectivity index (χ2n) is 7.99. The first-order valence-electron chi connectivity index (χ1n) is 10.9. The number of hydrogen-bond acceptors (Lipinski definition) is 8. The zero-order valence-electron chi connectivity index (χ0n) is 19.1. The maximum Gasteiger partial charge on any atom is 0.327 e. The average Bonchev–Trinajstić information content (AvgIpc) is 3.25. The molecule has 9 N–H and O–H groups in total. The van der Waals surface area contributed by atoms with Gasteiger partial charge in [-0.15, -0.1) is 0 Å². The first-order chi connectivity index (χ1) is 17.1. The van der Waals surface area contributed by atoms with Crippen LogP contribution in [0.5, 0.6) is 0 Å². The lowest BCUT2D eigenvalue weighted by atomic mass is 10.0. The van der Waals surface area contributed by atoms with Crippen LogP contribution in [0, 0.1) is 0 Å². The molecular formula is C22H29N5O8S. The molecular weight excluding hydrogens is 494 g/mol. The number of nitrogens with two attached hydrogens (primary N) is 1. The van der Waals surface area contributed by atoms with Gasteiger partial charge in [0.25, 0.3) is 0 Å². The third-order valence-corrected chi connectivity index (χ3v) is 5.71. The third-order valence-electron chi connectivity index (χ3n) is 5.34. The highest BCUT2D eigenvalue weighted by atomic mass is 32.1. The van der Waals surface area contributed by atoms with E-state index in [1.807, 2.05) is 24.3 Å². The number of para-hydroxylation sites is 1. The Kier molecular flexibility index (Phi) is 10.7. The molecule has 0 fully saturated rings. The summed E-state index contributed by atoms with van der Waals surface area (Å²) in [6.45, 7) is -0.834. The number of aliphatic carboxylic acids is 2. The zero-order valence-corrected chi connectivity index (χ0v) is 20.0. The predicted octanol–water partition coefficient (Wildman–Crippen LogP) is -1.64. The van der Waals surface area contributed by atoms with Gasteiger partial charge in [-0.3, -0.25) is 19.2 Å². The first-order valence-corrected chi connectivity index (χ1v) is 11.6. The lowest BCUT2D eigenvalue weighted by Crippen LogP contribution is -2.58. The van der Waals surface area contributed by atoms with Gasteiger partial charge in [0.2, 0.25) is 17.7 Å². The normalized spacial score (nSPS) is 14.3. The van der Waals surface area contributed by atoms with E-state index in [1.54, 1.807) is 6.20 Å². The molecule has 1 aromatic heterocycles. The number of carboxylic acid groups (broad SMARTS) is 2. The van der Waals surface area contributed by atoms with E-state index in [-0.39, 0.29) is 18.6 Å². The molecule has 0 aliphatic rings. The van der Waals surface area contributed by atoms with E-state index in [9.17, 15) is 29.1 Å². The van der Waals surface area contributed by atoms with E-state index in [0.717, 1.165) is 16.5 Å². The molecule has 0 aliphatic heterocycles. The van der Waals surface area contributed by atoms with Gasteiger partial charge in [-0.05, 0) is 24.5 Å². The summed E-state index contributed by atoms with van der Waals surface area (Å²) in [6.07, 6.45) is 0.981. The molecule has 0 saturated heterocycles. The summed E-state index contributed by atoms with van der Waals surface area (Å²) in [4.78, 5) is 63.0. The number of aliphatic hydroxyl groups excluding tert-OH is 1. The Labute approximate surface area is 211 Å². The van der Waals surface area contributed by atoms with Crippen LogP contribution < -0.4 is 21.7 Å². The van der Waals surface area contributed by atoms with Crippen LogP contribution in [0.3, 0.4) is 0 Å². The Bertz CT molecular complexity index is 1110. The molecule has 14 heteroatoms. The van der Waals surface area contributed by atoms with Crippen molar-refractivity contribution in [3.8, 4) is 0 Å². The fourth-order valence-electron chi connectivity index (χ4n) is 3.37. The Morgan fingerprint density at radius 1 is 0.944 bits per heavy atom. The maximum absolute atomic E-state index is 12.7. The van der Waals surface area contributed by atoms with Crippen molar-refractivity contribution in [3.05, 3.63) is 36.0 Å². The van der Waals surface area contributed by atoms with Gasteiger partial charge in [-0.1, -0.05) is 18.2 Å². The van der Waals surface area contributed by atoms with E-state index in [0.29, 0.717) is 0 Å². The minimum atomic E-state index is -1.49. The summed E-state index contributed by atoms with van der Waals surface area (Å²) in [6, 6.07) is 2.04. The van der Waals surface area contributed by atoms with E-state index in [4.69, 9.17) is 15.9 Å². The zero-order chi connectivity index (χ0) is 26.8. The van der Waals surface area contributed by atoms with Crippen molar-refractivity contribution < 1.29 is 39.3 Å². The second-order valence-corrected chi connectivity index (χ2v) is 8.35. The molecule has 4 unspecified atom stereocenters. The second kappa shape index (κ2) is 13.5. The van der Waals surface area contributed by atoms with Crippen molar-refractivity contribution in [3.63, 3.8) is 0 Å². The lowest BCUT2D eigenvalue weighted by molar-refractivity contribution is -0.142. The fraction of sp³-hybridized carbons (Fsp3) is 0.409. The summed E-state index contributed by atoms with van der Waals surface area (Å²) in [5.74, 6) is -5.53. The molecule has 0 spiro atoms. The molecule has 4 atom stereocenters. The largest absolute Gasteiger partial charge is 0.481 e. The highest BCUT2D eigenvalue weighted by molar-refractivity contribution is 7.80. The number of benzene rings is 1. The Hall–Kier alpha value is -3.62. The molecule has 0 saturated carbocycles. The summed E-state index contributed by atoms with van der Waals surface area (Å²) < 4.78 is 0. The van der Waals surface area contributed by atoms with Crippen LogP contribution in [0.15, 0.2) is 30.5 Å². The van der Waals surface area contributed by atoms with Gasteiger partial charge in [0.1, 0.15) is 18.1 Å². The minimum absolute atomic E-state index is 0.138. The van der Waals surface area contributed by atoms with Crippen molar-refractivity contribution in [2.75, 3.05) is 12.4 Å². The topological polar surface area (TPSA) is 224 Å². The summed E-state index contributed by atoms with van der Waals surface area (Å²) in [7, 11) is 0. The Balaban J connectivity index is 2.04. The predicted molar refractivity (Wildman–Crippen MR) is 131 cm³/mol. The summed E-state index contributed by atoms with van der Waals surface area (Å²) in [5, 5.41) is 35.3. The van der Waals surface area contributed by atoms with Crippen LogP contribution in [-0.4, -0.2) is 86.5 Å². The van der Waals surface area contributed by atoms with Gasteiger partial charge < -0.3 is 42.0 Å². The molecule has 0 aliphatic carbocycles. The number of H-pyrrole nitrogens is 1. The smallest absolute Gasteiger partial charge is 0.327 e. The van der Waals surface area contributed by atoms with Crippen molar-refractivity contribution in [1.29, 1.82) is 0 Å². The van der Waals surface area contributed by atoms with E-state index < -0.39 is 66.9 Å². The van der Waals surface area contributed by atoms with Gasteiger partial charge >= 0.3 is 11.9 Å². The average molecular weight is 524 g/mol. The summed E-state index contributed by atoms with van der Waals surface area (Å²) >= 11 is 3.84. The lowest BCUT2D eigenvalue weighted by Gasteiger charge is -2.24. The van der Waals surface area contributed by atoms with Gasteiger partial charge in [0.05, 0.1) is 12.6 Å². The van der Waals surface area contributed by atoms with E-state index in [2.05, 4.69) is 33.6 Å². The van der Waals surface area contributed by atoms with E-state index >= 15 is 0 Å². The molecule has 1 aromatic carbocycles. The van der Waals surface area contributed by atoms with Gasteiger partial charge in [-0.25, -0.2) is 4.79 Å². The molecule has 1 heterocycles. The maximum atomic E-state index is 12.7. The van der Waals surface area contributed by atoms with Crippen molar-refractivity contribution in [2.45, 2.75) is 43.4 Å². The Morgan fingerprint density at radius 2 is 1.56 bits per heavy atom. The molecule has 0 radical (unpaired) electrons. The number of carboxylic acids is 2. The van der Waals surface area contributed by atoms with Gasteiger partial charge in [0, 0.05) is 29.3 Å². The molecule has 13 nitrogen and oxygen atoms in total. The van der Waals surface area contributed by atoms with Crippen LogP contribution in [0.1, 0.15) is 18.4 Å². The van der Waals surface area contributed by atoms with Gasteiger partial charge in [0.15, 0.2) is 0 Å². The highest BCUT2D eigenvalue weighted by Crippen LogP contribution is 2.18. The number of nitrogens with one attached hydrogen (secondary N) is 4. The molecule has 3 amide bonds. The highest BCUT2D eigenvalue weighted by Gasteiger charge is 2.30. The number of thiol groups is 1. The van der Waals surface area contributed by atoms with Crippen LogP contribution in [0.2, 0.25) is 0 Å². The first kappa shape index (κ1) is 28.6. The number of amides is 3. The number of aromatic amines is 1. The summed E-state index contributed by atoms with van der Waals surface area (Å²) in [5.41, 5.74) is 7.64. The fourth-order valence-corrected chi connectivity index (χ4v) is 3.62. The number of rotatable bonds is 14. The quantitative estimate of drug-likeness (QED) is 0.129. The number of fused-ring (bicyclic) bond motifs is 1. The molecule has 0 bridgehead atoms. The van der Waals surface area contributed by atoms with Crippen LogP contribution in [0.4, 0.5) is 0 Å². The number of carbonyl (C=O) groups excluding carboxylic acids is 3. The monoisotopic (exact) mass is 523 g/mol. The molecule has 2 aromatic rings. The van der Waals surface area contributed by atoms with Crippen LogP contribution >= 0.6 is 12.6 Å². The van der Waals surface area contributed by atoms with Crippen molar-refractivity contribution in [2.24, 2.45) is 5.73 Å². The van der Waals surface area contributed by atoms with Crippen molar-refractivity contribution in [1.82, 2.24) is 20.9 Å². The van der Waals surface area contributed by atoms with Crippen LogP contribution in [-0.2, 0) is 30.4 Å². The van der Waals surface area contributed by atoms with E-state index in [1.165, 1.54) is 0 Å². The number of aromatic nitrogens is 1. The van der Waals surface area contributed by atoms with Crippen molar-refractivity contribution >= 4 is 53.2 Å². The number of hydrogen-bond donors (Lipinski definition) is 9. The number of aliphatic hydroxyl groups is 1. The third kappa shape index (κ3) is 7.96. The molecule has 36 heavy (non-hydrogen) atoms. The van der Waals surface area contributed by atoms with Crippen LogP contribution in [0.25, 0.3) is 10.9 Å². The SMILES string of the molecule is NC(Cc1c[nH]c2ccccc12)C(=O)NC(CO)C(=O)NC(CCC(=O)O)C(=O)NC(CS)C(=O)O. The minimum Gasteiger partial charge on any atom is -0.481 e. The molecule has 2 rings (SSSR count).